The molecule has 0 fully saturated rings. The molecule has 0 aliphatic rings. The molecule has 2 N–H and O–H groups in total. The summed E-state index contributed by atoms with van der Waals surface area (Å²) < 4.78 is 29.7. The van der Waals surface area contributed by atoms with Gasteiger partial charge in [-0.2, -0.15) is 8.42 Å². The van der Waals surface area contributed by atoms with E-state index in [-0.39, 0.29) is 0 Å². The van der Waals surface area contributed by atoms with Gasteiger partial charge < -0.3 is 5.11 Å². The Morgan fingerprint density at radius 2 is 1.50 bits per heavy atom. The standard InChI is InChI=1S/CH4O4S.CH4O/c1-5-6(2,3)4;1-2/h1H3,(H,2,3,4);2H,1H3. The second-order valence-electron chi connectivity index (χ2n) is 0.594. The lowest BCUT2D eigenvalue weighted by atomic mass is 11.8. The maximum atomic E-state index is 9.33. The molecule has 0 aromatic heterocycles. The van der Waals surface area contributed by atoms with Gasteiger partial charge in [-0.1, -0.05) is 0 Å². The molecular formula is C2H8O5S. The minimum Gasteiger partial charge on any atom is -0.400 e. The summed E-state index contributed by atoms with van der Waals surface area (Å²) in [7, 11) is -2.29. The topological polar surface area (TPSA) is 83.8 Å². The molecule has 0 aliphatic carbocycles. The fourth-order valence-electron chi connectivity index (χ4n) is 0. The Balaban J connectivity index is 0. The Bertz CT molecular complexity index is 112. The van der Waals surface area contributed by atoms with Gasteiger partial charge in [-0.05, 0) is 0 Å². The van der Waals surface area contributed by atoms with Crippen LogP contribution in [0.4, 0.5) is 0 Å². The highest BCUT2D eigenvalue weighted by atomic mass is 32.3. The Labute approximate surface area is 47.9 Å². The van der Waals surface area contributed by atoms with Crippen LogP contribution in [0.3, 0.4) is 0 Å². The van der Waals surface area contributed by atoms with E-state index in [1.807, 2.05) is 0 Å². The zero-order valence-electron chi connectivity index (χ0n) is 4.53. The van der Waals surface area contributed by atoms with Crippen molar-refractivity contribution in [3.8, 4) is 0 Å². The number of hydrogen-bond acceptors (Lipinski definition) is 4. The molecule has 0 bridgehead atoms. The number of aliphatic hydroxyl groups excluding tert-OH is 1. The quantitative estimate of drug-likeness (QED) is 0.463. The van der Waals surface area contributed by atoms with Crippen molar-refractivity contribution in [2.45, 2.75) is 0 Å². The average Bonchev–Trinajstić information content (AvgIpc) is 1.71. The van der Waals surface area contributed by atoms with E-state index in [2.05, 4.69) is 4.18 Å². The van der Waals surface area contributed by atoms with E-state index in [0.29, 0.717) is 0 Å². The van der Waals surface area contributed by atoms with Crippen LogP contribution in [0, 0.1) is 0 Å². The molecule has 8 heavy (non-hydrogen) atoms. The van der Waals surface area contributed by atoms with Gasteiger partial charge in [-0.3, -0.25) is 8.74 Å². The van der Waals surface area contributed by atoms with Crippen LogP contribution in [0.5, 0.6) is 0 Å². The predicted molar refractivity (Wildman–Crippen MR) is 26.7 cm³/mol. The van der Waals surface area contributed by atoms with Crippen LogP contribution in [0.15, 0.2) is 0 Å². The highest BCUT2D eigenvalue weighted by Gasteiger charge is 1.93. The van der Waals surface area contributed by atoms with Crippen molar-refractivity contribution in [2.24, 2.45) is 0 Å². The summed E-state index contributed by atoms with van der Waals surface area (Å²) >= 11 is 0. The Hall–Kier alpha value is -0.170. The van der Waals surface area contributed by atoms with E-state index in [1.54, 1.807) is 0 Å². The SMILES string of the molecule is CO.COS(=O)(=O)O. The highest BCUT2D eigenvalue weighted by Crippen LogP contribution is 1.74. The van der Waals surface area contributed by atoms with Crippen LogP contribution in [0.25, 0.3) is 0 Å². The van der Waals surface area contributed by atoms with Crippen LogP contribution < -0.4 is 0 Å². The summed E-state index contributed by atoms with van der Waals surface area (Å²) in [5.41, 5.74) is 0. The molecule has 0 radical (unpaired) electrons. The van der Waals surface area contributed by atoms with Gasteiger partial charge in [-0.25, -0.2) is 0 Å². The van der Waals surface area contributed by atoms with Crippen molar-refractivity contribution >= 4 is 10.4 Å². The molecular weight excluding hydrogens is 136 g/mol. The second-order valence-corrected chi connectivity index (χ2v) is 1.78. The zero-order valence-corrected chi connectivity index (χ0v) is 5.34. The van der Waals surface area contributed by atoms with Gasteiger partial charge in [0, 0.05) is 7.11 Å². The van der Waals surface area contributed by atoms with Crippen molar-refractivity contribution in [1.82, 2.24) is 0 Å². The van der Waals surface area contributed by atoms with Gasteiger partial charge in [0.25, 0.3) is 0 Å². The Morgan fingerprint density at radius 3 is 1.50 bits per heavy atom. The van der Waals surface area contributed by atoms with Gasteiger partial charge >= 0.3 is 10.4 Å². The minimum atomic E-state index is -4.16. The molecule has 0 spiro atoms. The van der Waals surface area contributed by atoms with Gasteiger partial charge in [0.1, 0.15) is 0 Å². The van der Waals surface area contributed by atoms with Crippen LogP contribution in [0.1, 0.15) is 0 Å². The lowest BCUT2D eigenvalue weighted by molar-refractivity contribution is 0.324. The van der Waals surface area contributed by atoms with Crippen molar-refractivity contribution < 1.29 is 22.3 Å². The monoisotopic (exact) mass is 144 g/mol. The highest BCUT2D eigenvalue weighted by molar-refractivity contribution is 7.80. The van der Waals surface area contributed by atoms with Crippen LogP contribution in [0.2, 0.25) is 0 Å². The lowest BCUT2D eigenvalue weighted by Gasteiger charge is -1.82. The molecule has 5 nitrogen and oxygen atoms in total. The first-order chi connectivity index (χ1) is 3.56. The third-order valence-corrected chi connectivity index (χ3v) is 0.632. The summed E-state index contributed by atoms with van der Waals surface area (Å²) in [6.07, 6.45) is 0. The van der Waals surface area contributed by atoms with Crippen LogP contribution >= 0.6 is 0 Å². The first kappa shape index (κ1) is 10.7. The molecule has 0 rings (SSSR count). The minimum absolute atomic E-state index is 0.870. The summed E-state index contributed by atoms with van der Waals surface area (Å²) in [4.78, 5) is 0. The second kappa shape index (κ2) is 4.98. The van der Waals surface area contributed by atoms with Gasteiger partial charge in [0.05, 0.1) is 7.11 Å². The van der Waals surface area contributed by atoms with Crippen molar-refractivity contribution in [3.63, 3.8) is 0 Å². The van der Waals surface area contributed by atoms with E-state index in [1.165, 1.54) is 0 Å². The van der Waals surface area contributed by atoms with E-state index < -0.39 is 10.4 Å². The first-order valence-corrected chi connectivity index (χ1v) is 2.90. The lowest BCUT2D eigenvalue weighted by Crippen LogP contribution is -1.96. The van der Waals surface area contributed by atoms with Crippen molar-refractivity contribution in [1.29, 1.82) is 0 Å². The fraction of sp³-hybridized carbons (Fsp3) is 1.00. The van der Waals surface area contributed by atoms with Gasteiger partial charge in [0.15, 0.2) is 0 Å². The third kappa shape index (κ3) is 17.0. The third-order valence-electron chi connectivity index (χ3n) is 0.211. The molecule has 0 saturated heterocycles. The summed E-state index contributed by atoms with van der Waals surface area (Å²) in [6.45, 7) is 0. The van der Waals surface area contributed by atoms with Crippen molar-refractivity contribution in [2.75, 3.05) is 14.2 Å². The van der Waals surface area contributed by atoms with Crippen LogP contribution in [-0.4, -0.2) is 32.3 Å². The molecule has 0 atom stereocenters. The van der Waals surface area contributed by atoms with E-state index in [4.69, 9.17) is 9.66 Å². The molecule has 0 heterocycles. The predicted octanol–water partition coefficient (Wildman–Crippen LogP) is -0.956. The summed E-state index contributed by atoms with van der Waals surface area (Å²) in [5, 5.41) is 7.00. The molecule has 0 unspecified atom stereocenters. The molecule has 0 aliphatic heterocycles. The van der Waals surface area contributed by atoms with E-state index in [0.717, 1.165) is 14.2 Å². The molecule has 0 saturated carbocycles. The van der Waals surface area contributed by atoms with Crippen molar-refractivity contribution in [3.05, 3.63) is 0 Å². The van der Waals surface area contributed by atoms with Crippen LogP contribution in [-0.2, 0) is 14.6 Å². The van der Waals surface area contributed by atoms with Gasteiger partial charge in [0.2, 0.25) is 0 Å². The first-order valence-electron chi connectivity index (χ1n) is 1.54. The zero-order chi connectivity index (χ0) is 7.21. The number of aliphatic hydroxyl groups is 1. The van der Waals surface area contributed by atoms with E-state index in [9.17, 15) is 8.42 Å². The largest absolute Gasteiger partial charge is 0.400 e. The normalized spacial score (nSPS) is 9.50. The molecule has 6 heteroatoms. The summed E-state index contributed by atoms with van der Waals surface area (Å²) in [5.74, 6) is 0. The maximum absolute atomic E-state index is 9.33. The number of rotatable bonds is 1. The Morgan fingerprint density at radius 1 is 1.38 bits per heavy atom. The summed E-state index contributed by atoms with van der Waals surface area (Å²) in [6, 6.07) is 0. The van der Waals surface area contributed by atoms with E-state index >= 15 is 0 Å². The smallest absolute Gasteiger partial charge is 0.397 e. The molecule has 0 aromatic carbocycles. The maximum Gasteiger partial charge on any atom is 0.397 e. The molecule has 0 aromatic rings. The van der Waals surface area contributed by atoms with Gasteiger partial charge in [-0.15, -0.1) is 0 Å². The average molecular weight is 144 g/mol. The Kier molecular flexibility index (Phi) is 6.68. The molecule has 52 valence electrons. The fourth-order valence-corrected chi connectivity index (χ4v) is 0. The molecule has 0 amide bonds. The number of hydrogen-bond donors (Lipinski definition) is 2.